The molecule has 3 atom stereocenters. The van der Waals surface area contributed by atoms with E-state index >= 15 is 0 Å². The van der Waals surface area contributed by atoms with E-state index in [0.29, 0.717) is 24.6 Å². The van der Waals surface area contributed by atoms with Gasteiger partial charge in [0.1, 0.15) is 11.5 Å². The molecule has 3 aromatic heterocycles. The van der Waals surface area contributed by atoms with Crippen molar-refractivity contribution in [2.24, 2.45) is 5.92 Å². The van der Waals surface area contributed by atoms with E-state index in [1.54, 1.807) is 7.11 Å². The first-order valence-corrected chi connectivity index (χ1v) is 13.1. The maximum atomic E-state index is 5.74. The van der Waals surface area contributed by atoms with Crippen molar-refractivity contribution in [2.45, 2.75) is 58.8 Å². The van der Waals surface area contributed by atoms with Gasteiger partial charge < -0.3 is 14.5 Å². The predicted molar refractivity (Wildman–Crippen MR) is 141 cm³/mol. The van der Waals surface area contributed by atoms with E-state index in [1.807, 2.05) is 12.3 Å². The zero-order valence-corrected chi connectivity index (χ0v) is 21.9. The minimum atomic E-state index is 0.305. The monoisotopic (exact) mass is 476 g/mol. The van der Waals surface area contributed by atoms with Crippen molar-refractivity contribution < 1.29 is 4.74 Å². The molecule has 5 rings (SSSR count). The molecular formula is C28H40N6O. The Labute approximate surface area is 209 Å². The molecule has 2 aliphatic rings. The maximum Gasteiger partial charge on any atom is 0.138 e. The van der Waals surface area contributed by atoms with Gasteiger partial charge in [0, 0.05) is 52.1 Å². The third-order valence-electron chi connectivity index (χ3n) is 8.25. The van der Waals surface area contributed by atoms with Crippen LogP contribution in [0.2, 0.25) is 0 Å². The summed E-state index contributed by atoms with van der Waals surface area (Å²) >= 11 is 0. The number of hydrogen-bond acceptors (Lipinski definition) is 6. The van der Waals surface area contributed by atoms with Crippen molar-refractivity contribution >= 4 is 11.5 Å². The van der Waals surface area contributed by atoms with Crippen LogP contribution in [0.1, 0.15) is 55.4 Å². The second-order valence-electron chi connectivity index (χ2n) is 10.5. The first-order valence-electron chi connectivity index (χ1n) is 13.1. The fourth-order valence-electron chi connectivity index (χ4n) is 5.88. The molecule has 35 heavy (non-hydrogen) atoms. The molecule has 188 valence electrons. The highest BCUT2D eigenvalue weighted by molar-refractivity contribution is 5.55. The van der Waals surface area contributed by atoms with Gasteiger partial charge in [-0.2, -0.15) is 0 Å². The lowest BCUT2D eigenvalue weighted by Crippen LogP contribution is -2.45. The van der Waals surface area contributed by atoms with Gasteiger partial charge in [0.25, 0.3) is 0 Å². The number of methoxy groups -OCH3 is 1. The van der Waals surface area contributed by atoms with Crippen molar-refractivity contribution in [1.29, 1.82) is 0 Å². The second kappa shape index (κ2) is 10.2. The first kappa shape index (κ1) is 24.2. The van der Waals surface area contributed by atoms with E-state index in [-0.39, 0.29) is 0 Å². The molecule has 0 aromatic carbocycles. The number of fused-ring (bicyclic) bond motifs is 1. The Hall–Kier alpha value is -2.48. The van der Waals surface area contributed by atoms with Crippen LogP contribution in [0.25, 0.3) is 5.65 Å². The Morgan fingerprint density at radius 3 is 2.57 bits per heavy atom. The SMILES string of the molecule is COCc1c(CN2C(C)C(C)CC[C@H]2c2ncccc2C)nc2cccc(N3CCN(C)CC3)n12. The summed E-state index contributed by atoms with van der Waals surface area (Å²) in [6.07, 6.45) is 4.29. The van der Waals surface area contributed by atoms with E-state index in [0.717, 1.165) is 50.5 Å². The van der Waals surface area contributed by atoms with Crippen LogP contribution < -0.4 is 4.90 Å². The number of piperazine rings is 1. The Morgan fingerprint density at radius 1 is 1.03 bits per heavy atom. The number of likely N-dealkylation sites (tertiary alicyclic amines) is 1. The zero-order valence-electron chi connectivity index (χ0n) is 21.9. The smallest absolute Gasteiger partial charge is 0.138 e. The molecule has 0 N–H and O–H groups in total. The Bertz CT molecular complexity index is 1150. The quantitative estimate of drug-likeness (QED) is 0.529. The van der Waals surface area contributed by atoms with Crippen molar-refractivity contribution in [3.63, 3.8) is 0 Å². The lowest BCUT2D eigenvalue weighted by Gasteiger charge is -2.44. The van der Waals surface area contributed by atoms with Gasteiger partial charge in [-0.05, 0) is 63.4 Å². The molecule has 0 amide bonds. The van der Waals surface area contributed by atoms with Gasteiger partial charge in [0.2, 0.25) is 0 Å². The van der Waals surface area contributed by atoms with Gasteiger partial charge in [0.15, 0.2) is 0 Å². The zero-order chi connectivity index (χ0) is 24.5. The largest absolute Gasteiger partial charge is 0.378 e. The third-order valence-corrected chi connectivity index (χ3v) is 8.25. The summed E-state index contributed by atoms with van der Waals surface area (Å²) in [5.41, 5.74) is 5.77. The molecular weight excluding hydrogens is 436 g/mol. The van der Waals surface area contributed by atoms with E-state index in [1.165, 1.54) is 29.2 Å². The molecule has 3 aromatic rings. The number of pyridine rings is 2. The first-order chi connectivity index (χ1) is 17.0. The maximum absolute atomic E-state index is 5.74. The lowest BCUT2D eigenvalue weighted by molar-refractivity contribution is 0.0430. The molecule has 7 heteroatoms. The number of anilines is 1. The highest BCUT2D eigenvalue weighted by atomic mass is 16.5. The fourth-order valence-corrected chi connectivity index (χ4v) is 5.88. The fraction of sp³-hybridized carbons (Fsp3) is 0.571. The molecule has 0 spiro atoms. The molecule has 2 fully saturated rings. The van der Waals surface area contributed by atoms with Crippen LogP contribution in [0.5, 0.6) is 0 Å². The minimum absolute atomic E-state index is 0.305. The van der Waals surface area contributed by atoms with E-state index < -0.39 is 0 Å². The van der Waals surface area contributed by atoms with Crippen LogP contribution in [-0.4, -0.2) is 70.5 Å². The van der Waals surface area contributed by atoms with Crippen LogP contribution in [0.15, 0.2) is 36.5 Å². The number of piperidine rings is 1. The highest BCUT2D eigenvalue weighted by Gasteiger charge is 2.36. The normalized spacial score (nSPS) is 24.4. The number of nitrogens with zero attached hydrogens (tertiary/aromatic N) is 6. The van der Waals surface area contributed by atoms with Gasteiger partial charge in [0.05, 0.1) is 29.7 Å². The van der Waals surface area contributed by atoms with Gasteiger partial charge in [-0.25, -0.2) is 4.98 Å². The second-order valence-corrected chi connectivity index (χ2v) is 10.5. The van der Waals surface area contributed by atoms with Crippen molar-refractivity contribution in [1.82, 2.24) is 24.2 Å². The van der Waals surface area contributed by atoms with Gasteiger partial charge in [-0.1, -0.05) is 19.1 Å². The summed E-state index contributed by atoms with van der Waals surface area (Å²) < 4.78 is 8.08. The Balaban J connectivity index is 1.54. The number of aromatic nitrogens is 3. The molecule has 0 radical (unpaired) electrons. The van der Waals surface area contributed by atoms with E-state index in [2.05, 4.69) is 71.2 Å². The van der Waals surface area contributed by atoms with Crippen molar-refractivity contribution in [3.05, 3.63) is 59.2 Å². The Kier molecular flexibility index (Phi) is 7.09. The minimum Gasteiger partial charge on any atom is -0.378 e. The third kappa shape index (κ3) is 4.69. The molecule has 2 saturated heterocycles. The summed E-state index contributed by atoms with van der Waals surface area (Å²) in [5, 5.41) is 0. The van der Waals surface area contributed by atoms with Crippen molar-refractivity contribution in [2.75, 3.05) is 45.2 Å². The average molecular weight is 477 g/mol. The van der Waals surface area contributed by atoms with Gasteiger partial charge in [-0.15, -0.1) is 0 Å². The number of aryl methyl sites for hydroxylation is 1. The lowest BCUT2D eigenvalue weighted by atomic mass is 9.85. The summed E-state index contributed by atoms with van der Waals surface area (Å²) in [4.78, 5) is 17.5. The van der Waals surface area contributed by atoms with E-state index in [4.69, 9.17) is 14.7 Å². The number of rotatable bonds is 6. The van der Waals surface area contributed by atoms with Crippen LogP contribution in [0, 0.1) is 12.8 Å². The molecule has 0 bridgehead atoms. The van der Waals surface area contributed by atoms with Gasteiger partial charge >= 0.3 is 0 Å². The molecule has 5 heterocycles. The van der Waals surface area contributed by atoms with Crippen molar-refractivity contribution in [3.8, 4) is 0 Å². The molecule has 2 aliphatic heterocycles. The molecule has 0 aliphatic carbocycles. The topological polar surface area (TPSA) is 49.1 Å². The van der Waals surface area contributed by atoms with Crippen LogP contribution in [-0.2, 0) is 17.9 Å². The summed E-state index contributed by atoms with van der Waals surface area (Å²) in [6, 6.07) is 11.5. The summed E-state index contributed by atoms with van der Waals surface area (Å²) in [6.45, 7) is 12.5. The average Bonchev–Trinajstić information content (AvgIpc) is 3.21. The summed E-state index contributed by atoms with van der Waals surface area (Å²) in [7, 11) is 3.98. The number of likely N-dealkylation sites (N-methyl/N-ethyl adjacent to an activating group) is 1. The molecule has 7 nitrogen and oxygen atoms in total. The highest BCUT2D eigenvalue weighted by Crippen LogP contribution is 2.39. The Morgan fingerprint density at radius 2 is 1.83 bits per heavy atom. The summed E-state index contributed by atoms with van der Waals surface area (Å²) in [5.74, 6) is 1.86. The number of imidazole rings is 1. The van der Waals surface area contributed by atoms with Crippen LogP contribution >= 0.6 is 0 Å². The number of ether oxygens (including phenoxy) is 1. The molecule has 0 saturated carbocycles. The molecule has 2 unspecified atom stereocenters. The van der Waals surface area contributed by atoms with Crippen LogP contribution in [0.4, 0.5) is 5.82 Å². The standard InChI is InChI=1S/C28H40N6O/c1-20-11-12-24(28-21(2)8-7-13-29-28)33(22(20)3)18-23-25(19-35-5)34-26(30-23)9-6-10-27(34)32-16-14-31(4)15-17-32/h6-10,13,20,22,24H,11-12,14-19H2,1-5H3/t20?,22?,24-/m0/s1. The predicted octanol–water partition coefficient (Wildman–Crippen LogP) is 4.30. The van der Waals surface area contributed by atoms with Gasteiger partial charge in [-0.3, -0.25) is 14.3 Å². The van der Waals surface area contributed by atoms with E-state index in [9.17, 15) is 0 Å². The number of hydrogen-bond donors (Lipinski definition) is 0. The van der Waals surface area contributed by atoms with Crippen LogP contribution in [0.3, 0.4) is 0 Å².